The Hall–Kier alpha value is -1.87. The number of benzene rings is 1. The third-order valence-corrected chi connectivity index (χ3v) is 3.53. The average Bonchev–Trinajstić information content (AvgIpc) is 2.73. The second-order valence-electron chi connectivity index (χ2n) is 4.16. The molecule has 1 atom stereocenters. The van der Waals surface area contributed by atoms with Gasteiger partial charge >= 0.3 is 5.97 Å². The van der Waals surface area contributed by atoms with Crippen molar-refractivity contribution in [3.63, 3.8) is 0 Å². The molecule has 19 heavy (non-hydrogen) atoms. The highest BCUT2D eigenvalue weighted by atomic mass is 79.9. The van der Waals surface area contributed by atoms with E-state index in [0.717, 1.165) is 12.1 Å². The normalized spacial score (nSPS) is 18.5. The summed E-state index contributed by atoms with van der Waals surface area (Å²) in [4.78, 5) is 24.2. The number of terminal acetylenes is 1. The number of rotatable bonds is 2. The van der Waals surface area contributed by atoms with Gasteiger partial charge in [-0.1, -0.05) is 0 Å². The van der Waals surface area contributed by atoms with Gasteiger partial charge in [0.05, 0.1) is 15.7 Å². The molecule has 0 aromatic heterocycles. The fourth-order valence-corrected chi connectivity index (χ4v) is 2.33. The van der Waals surface area contributed by atoms with Crippen LogP contribution in [0.15, 0.2) is 16.6 Å². The van der Waals surface area contributed by atoms with Crippen molar-refractivity contribution in [2.24, 2.45) is 5.92 Å². The first-order valence-corrected chi connectivity index (χ1v) is 6.22. The van der Waals surface area contributed by atoms with Crippen LogP contribution in [-0.2, 0) is 4.79 Å². The van der Waals surface area contributed by atoms with Crippen molar-refractivity contribution in [2.45, 2.75) is 6.42 Å². The maximum Gasteiger partial charge on any atom is 0.337 e. The molecule has 4 nitrogen and oxygen atoms in total. The molecule has 0 spiro atoms. The van der Waals surface area contributed by atoms with Gasteiger partial charge in [0.1, 0.15) is 5.82 Å². The molecule has 1 unspecified atom stereocenters. The van der Waals surface area contributed by atoms with Gasteiger partial charge in [0, 0.05) is 18.9 Å². The second-order valence-corrected chi connectivity index (χ2v) is 5.02. The molecule has 1 saturated heterocycles. The quantitative estimate of drug-likeness (QED) is 0.849. The van der Waals surface area contributed by atoms with E-state index in [0.29, 0.717) is 0 Å². The predicted molar refractivity (Wildman–Crippen MR) is 70.4 cm³/mol. The Bertz CT molecular complexity index is 609. The van der Waals surface area contributed by atoms with Gasteiger partial charge in [0.15, 0.2) is 0 Å². The molecular formula is C13H9BrFNO3. The Morgan fingerprint density at radius 2 is 2.26 bits per heavy atom. The van der Waals surface area contributed by atoms with E-state index >= 15 is 0 Å². The second kappa shape index (κ2) is 5.02. The van der Waals surface area contributed by atoms with Gasteiger partial charge in [0.2, 0.25) is 5.91 Å². The third kappa shape index (κ3) is 2.47. The van der Waals surface area contributed by atoms with Gasteiger partial charge in [-0.3, -0.25) is 4.79 Å². The van der Waals surface area contributed by atoms with Crippen molar-refractivity contribution in [1.82, 2.24) is 0 Å². The molecule has 1 amide bonds. The predicted octanol–water partition coefficient (Wildman–Crippen LogP) is 2.27. The van der Waals surface area contributed by atoms with Crippen LogP contribution in [0.4, 0.5) is 10.1 Å². The lowest BCUT2D eigenvalue weighted by Crippen LogP contribution is -2.26. The topological polar surface area (TPSA) is 57.6 Å². The fraction of sp³-hybridized carbons (Fsp3) is 0.231. The first-order valence-electron chi connectivity index (χ1n) is 5.43. The van der Waals surface area contributed by atoms with Crippen LogP contribution in [0, 0.1) is 24.1 Å². The third-order valence-electron chi connectivity index (χ3n) is 2.92. The molecule has 1 aromatic rings. The Kier molecular flexibility index (Phi) is 3.58. The van der Waals surface area contributed by atoms with Crippen molar-refractivity contribution >= 4 is 33.5 Å². The summed E-state index contributed by atoms with van der Waals surface area (Å²) >= 11 is 2.92. The van der Waals surface area contributed by atoms with Gasteiger partial charge in [-0.2, -0.15) is 0 Å². The molecule has 0 aliphatic carbocycles. The average molecular weight is 326 g/mol. The lowest BCUT2D eigenvalue weighted by atomic mass is 10.1. The number of hydrogen-bond acceptors (Lipinski definition) is 2. The van der Waals surface area contributed by atoms with Gasteiger partial charge in [0.25, 0.3) is 0 Å². The van der Waals surface area contributed by atoms with E-state index in [1.165, 1.54) is 4.90 Å². The van der Waals surface area contributed by atoms with Gasteiger partial charge < -0.3 is 10.0 Å². The highest BCUT2D eigenvalue weighted by Crippen LogP contribution is 2.31. The van der Waals surface area contributed by atoms with Crippen molar-refractivity contribution in [1.29, 1.82) is 0 Å². The number of carbonyl (C=O) groups is 2. The Labute approximate surface area is 117 Å². The molecular weight excluding hydrogens is 317 g/mol. The number of halogens is 2. The molecule has 1 aliphatic heterocycles. The van der Waals surface area contributed by atoms with Crippen LogP contribution in [0.2, 0.25) is 0 Å². The van der Waals surface area contributed by atoms with Crippen LogP contribution >= 0.6 is 15.9 Å². The highest BCUT2D eigenvalue weighted by molar-refractivity contribution is 9.10. The van der Waals surface area contributed by atoms with Crippen LogP contribution in [0.5, 0.6) is 0 Å². The molecule has 1 N–H and O–H groups in total. The molecule has 6 heteroatoms. The van der Waals surface area contributed by atoms with E-state index in [1.54, 1.807) is 0 Å². The van der Waals surface area contributed by atoms with Crippen molar-refractivity contribution in [2.75, 3.05) is 11.4 Å². The lowest BCUT2D eigenvalue weighted by Gasteiger charge is -2.18. The molecule has 0 saturated carbocycles. The Morgan fingerprint density at radius 1 is 1.58 bits per heavy atom. The van der Waals surface area contributed by atoms with E-state index < -0.39 is 11.8 Å². The number of aromatic carboxylic acids is 1. The van der Waals surface area contributed by atoms with Crippen LogP contribution in [0.25, 0.3) is 0 Å². The molecule has 0 bridgehead atoms. The highest BCUT2D eigenvalue weighted by Gasteiger charge is 2.32. The maximum atomic E-state index is 13.6. The standard InChI is InChI=1S/C13H9BrFNO3/c1-2-7-3-12(17)16(6-7)11-5-10(15)9(14)4-8(11)13(18)19/h1,4-5,7H,3,6H2,(H,18,19). The minimum atomic E-state index is -1.23. The Morgan fingerprint density at radius 3 is 2.79 bits per heavy atom. The van der Waals surface area contributed by atoms with Crippen LogP contribution in [-0.4, -0.2) is 23.5 Å². The van der Waals surface area contributed by atoms with Gasteiger partial charge in [-0.15, -0.1) is 12.3 Å². The molecule has 1 aromatic carbocycles. The molecule has 1 heterocycles. The smallest absolute Gasteiger partial charge is 0.337 e. The summed E-state index contributed by atoms with van der Waals surface area (Å²) < 4.78 is 13.6. The number of carbonyl (C=O) groups excluding carboxylic acids is 1. The first-order chi connectivity index (χ1) is 8.93. The molecule has 98 valence electrons. The fourth-order valence-electron chi connectivity index (χ4n) is 1.98. The van der Waals surface area contributed by atoms with Crippen LogP contribution in [0.1, 0.15) is 16.8 Å². The number of nitrogens with zero attached hydrogens (tertiary/aromatic N) is 1. The molecule has 2 rings (SSSR count). The van der Waals surface area contributed by atoms with E-state index in [2.05, 4.69) is 21.9 Å². The van der Waals surface area contributed by atoms with Gasteiger partial charge in [-0.25, -0.2) is 9.18 Å². The zero-order valence-electron chi connectivity index (χ0n) is 9.69. The van der Waals surface area contributed by atoms with Crippen molar-refractivity contribution < 1.29 is 19.1 Å². The molecule has 1 fully saturated rings. The van der Waals surface area contributed by atoms with Gasteiger partial charge in [-0.05, 0) is 28.1 Å². The van der Waals surface area contributed by atoms with Crippen LogP contribution in [0.3, 0.4) is 0 Å². The summed E-state index contributed by atoms with van der Waals surface area (Å²) in [6.07, 6.45) is 5.41. The summed E-state index contributed by atoms with van der Waals surface area (Å²) in [6.45, 7) is 0.205. The monoisotopic (exact) mass is 325 g/mol. The summed E-state index contributed by atoms with van der Waals surface area (Å²) in [7, 11) is 0. The summed E-state index contributed by atoms with van der Waals surface area (Å²) in [5.74, 6) is 0.0231. The lowest BCUT2D eigenvalue weighted by molar-refractivity contribution is -0.117. The minimum absolute atomic E-state index is 0.0359. The minimum Gasteiger partial charge on any atom is -0.478 e. The summed E-state index contributed by atoms with van der Waals surface area (Å²) in [5, 5.41) is 9.13. The summed E-state index contributed by atoms with van der Waals surface area (Å²) in [5.41, 5.74) is -0.102. The van der Waals surface area contributed by atoms with E-state index in [-0.39, 0.29) is 40.5 Å². The molecule has 0 radical (unpaired) electrons. The maximum absolute atomic E-state index is 13.6. The zero-order chi connectivity index (χ0) is 14.2. The van der Waals surface area contributed by atoms with E-state index in [9.17, 15) is 14.0 Å². The van der Waals surface area contributed by atoms with E-state index in [4.69, 9.17) is 11.5 Å². The van der Waals surface area contributed by atoms with Crippen LogP contribution < -0.4 is 4.90 Å². The largest absolute Gasteiger partial charge is 0.478 e. The number of carboxylic acids is 1. The first kappa shape index (κ1) is 13.6. The number of amides is 1. The number of carboxylic acid groups (broad SMARTS) is 1. The van der Waals surface area contributed by atoms with E-state index in [1.807, 2.05) is 0 Å². The SMILES string of the molecule is C#CC1CC(=O)N(c2cc(F)c(Br)cc2C(=O)O)C1. The number of anilines is 1. The van der Waals surface area contributed by atoms with Crippen molar-refractivity contribution in [3.05, 3.63) is 28.0 Å². The Balaban J connectivity index is 2.50. The number of hydrogen-bond donors (Lipinski definition) is 1. The molecule has 1 aliphatic rings. The van der Waals surface area contributed by atoms with Crippen molar-refractivity contribution in [3.8, 4) is 12.3 Å². The zero-order valence-corrected chi connectivity index (χ0v) is 11.3. The summed E-state index contributed by atoms with van der Waals surface area (Å²) in [6, 6.07) is 2.17.